The Morgan fingerprint density at radius 3 is 2.70 bits per heavy atom. The number of para-hydroxylation sites is 1. The van der Waals surface area contributed by atoms with Crippen molar-refractivity contribution in [2.45, 2.75) is 13.8 Å². The Kier molecular flexibility index (Phi) is 4.63. The SMILES string of the molecule is CCOC(=O)c1csc(N)c1-c1ccccc1OCC. The summed E-state index contributed by atoms with van der Waals surface area (Å²) in [7, 11) is 0. The number of carbonyl (C=O) groups excluding carboxylic acids is 1. The van der Waals surface area contributed by atoms with Gasteiger partial charge < -0.3 is 15.2 Å². The molecule has 1 aromatic carbocycles. The average Bonchev–Trinajstić information content (AvgIpc) is 2.82. The fourth-order valence-corrected chi connectivity index (χ4v) is 2.76. The third-order valence-corrected chi connectivity index (χ3v) is 3.58. The number of thiophene rings is 1. The maximum Gasteiger partial charge on any atom is 0.339 e. The standard InChI is InChI=1S/C15H17NO3S/c1-3-18-12-8-6-5-7-10(12)13-11(9-20-14(13)16)15(17)19-4-2/h5-9H,3-4,16H2,1-2H3. The van der Waals surface area contributed by atoms with E-state index in [9.17, 15) is 4.79 Å². The van der Waals surface area contributed by atoms with Gasteiger partial charge in [-0.3, -0.25) is 0 Å². The molecule has 0 aliphatic heterocycles. The lowest BCUT2D eigenvalue weighted by molar-refractivity contribution is 0.0528. The molecule has 2 rings (SSSR count). The quantitative estimate of drug-likeness (QED) is 0.855. The highest BCUT2D eigenvalue weighted by Gasteiger charge is 2.21. The van der Waals surface area contributed by atoms with Crippen molar-refractivity contribution in [2.24, 2.45) is 0 Å². The van der Waals surface area contributed by atoms with Gasteiger partial charge in [0.2, 0.25) is 0 Å². The van der Waals surface area contributed by atoms with Crippen molar-refractivity contribution in [1.82, 2.24) is 0 Å². The van der Waals surface area contributed by atoms with Gasteiger partial charge in [0.05, 0.1) is 23.8 Å². The third kappa shape index (κ3) is 2.77. The Labute approximate surface area is 122 Å². The molecule has 0 aliphatic carbocycles. The van der Waals surface area contributed by atoms with E-state index in [1.165, 1.54) is 11.3 Å². The summed E-state index contributed by atoms with van der Waals surface area (Å²) in [6.45, 7) is 4.58. The van der Waals surface area contributed by atoms with Gasteiger partial charge in [-0.05, 0) is 19.9 Å². The van der Waals surface area contributed by atoms with Gasteiger partial charge in [0.1, 0.15) is 5.75 Å². The van der Waals surface area contributed by atoms with Crippen molar-refractivity contribution < 1.29 is 14.3 Å². The zero-order chi connectivity index (χ0) is 14.5. The van der Waals surface area contributed by atoms with E-state index in [1.54, 1.807) is 12.3 Å². The first kappa shape index (κ1) is 14.4. The van der Waals surface area contributed by atoms with Crippen molar-refractivity contribution in [3.05, 3.63) is 35.2 Å². The zero-order valence-electron chi connectivity index (χ0n) is 11.5. The normalized spacial score (nSPS) is 10.3. The van der Waals surface area contributed by atoms with E-state index in [0.29, 0.717) is 35.1 Å². The summed E-state index contributed by atoms with van der Waals surface area (Å²) in [5, 5.41) is 2.31. The first-order valence-corrected chi connectivity index (χ1v) is 7.33. The van der Waals surface area contributed by atoms with Gasteiger partial charge in [0, 0.05) is 16.5 Å². The van der Waals surface area contributed by atoms with E-state index in [0.717, 1.165) is 5.56 Å². The zero-order valence-corrected chi connectivity index (χ0v) is 12.3. The highest BCUT2D eigenvalue weighted by Crippen LogP contribution is 2.40. The molecule has 0 saturated heterocycles. The van der Waals surface area contributed by atoms with Crippen LogP contribution in [-0.4, -0.2) is 19.2 Å². The summed E-state index contributed by atoms with van der Waals surface area (Å²) >= 11 is 1.33. The van der Waals surface area contributed by atoms with Gasteiger partial charge in [-0.15, -0.1) is 11.3 Å². The topological polar surface area (TPSA) is 61.5 Å². The number of hydrogen-bond donors (Lipinski definition) is 1. The fraction of sp³-hybridized carbons (Fsp3) is 0.267. The van der Waals surface area contributed by atoms with Crippen molar-refractivity contribution in [3.8, 4) is 16.9 Å². The van der Waals surface area contributed by atoms with Gasteiger partial charge in [-0.1, -0.05) is 18.2 Å². The molecule has 0 saturated carbocycles. The molecular formula is C15H17NO3S. The lowest BCUT2D eigenvalue weighted by atomic mass is 10.0. The number of nitrogens with two attached hydrogens (primary N) is 1. The Morgan fingerprint density at radius 2 is 2.00 bits per heavy atom. The predicted octanol–water partition coefficient (Wildman–Crippen LogP) is 3.57. The lowest BCUT2D eigenvalue weighted by Crippen LogP contribution is -2.05. The molecule has 2 N–H and O–H groups in total. The number of esters is 1. The van der Waals surface area contributed by atoms with Crippen LogP contribution < -0.4 is 10.5 Å². The maximum atomic E-state index is 12.0. The number of hydrogen-bond acceptors (Lipinski definition) is 5. The molecule has 1 heterocycles. The molecule has 0 unspecified atom stereocenters. The summed E-state index contributed by atoms with van der Waals surface area (Å²) < 4.78 is 10.7. The minimum absolute atomic E-state index is 0.334. The van der Waals surface area contributed by atoms with Crippen LogP contribution in [0.15, 0.2) is 29.6 Å². The highest BCUT2D eigenvalue weighted by atomic mass is 32.1. The molecule has 0 aliphatic rings. The van der Waals surface area contributed by atoms with Gasteiger partial charge in [0.15, 0.2) is 0 Å². The van der Waals surface area contributed by atoms with Gasteiger partial charge in [-0.2, -0.15) is 0 Å². The largest absolute Gasteiger partial charge is 0.493 e. The maximum absolute atomic E-state index is 12.0. The van der Waals surface area contributed by atoms with E-state index in [4.69, 9.17) is 15.2 Å². The van der Waals surface area contributed by atoms with Crippen LogP contribution in [0.25, 0.3) is 11.1 Å². The molecule has 5 heteroatoms. The van der Waals surface area contributed by atoms with Crippen molar-refractivity contribution >= 4 is 22.3 Å². The van der Waals surface area contributed by atoms with Crippen molar-refractivity contribution in [1.29, 1.82) is 0 Å². The first-order valence-electron chi connectivity index (χ1n) is 6.45. The molecular weight excluding hydrogens is 274 g/mol. The molecule has 4 nitrogen and oxygen atoms in total. The molecule has 0 spiro atoms. The van der Waals surface area contributed by atoms with Gasteiger partial charge >= 0.3 is 5.97 Å². The smallest absolute Gasteiger partial charge is 0.339 e. The molecule has 0 atom stereocenters. The number of nitrogen functional groups attached to an aromatic ring is 1. The molecule has 0 amide bonds. The molecule has 1 aromatic heterocycles. The van der Waals surface area contributed by atoms with Gasteiger partial charge in [-0.25, -0.2) is 4.79 Å². The van der Waals surface area contributed by atoms with Crippen LogP contribution in [-0.2, 0) is 4.74 Å². The molecule has 106 valence electrons. The Bertz CT molecular complexity index is 607. The van der Waals surface area contributed by atoms with E-state index in [2.05, 4.69) is 0 Å². The van der Waals surface area contributed by atoms with Crippen LogP contribution in [0.3, 0.4) is 0 Å². The van der Waals surface area contributed by atoms with E-state index in [1.807, 2.05) is 31.2 Å². The van der Waals surface area contributed by atoms with Crippen LogP contribution in [0, 0.1) is 0 Å². The molecule has 0 radical (unpaired) electrons. The Hall–Kier alpha value is -2.01. The van der Waals surface area contributed by atoms with Crippen LogP contribution in [0.5, 0.6) is 5.75 Å². The van der Waals surface area contributed by atoms with Crippen LogP contribution in [0.1, 0.15) is 24.2 Å². The number of carbonyl (C=O) groups is 1. The molecule has 0 fully saturated rings. The number of rotatable bonds is 5. The second kappa shape index (κ2) is 6.43. The Morgan fingerprint density at radius 1 is 1.25 bits per heavy atom. The van der Waals surface area contributed by atoms with E-state index in [-0.39, 0.29) is 5.97 Å². The van der Waals surface area contributed by atoms with Crippen molar-refractivity contribution in [3.63, 3.8) is 0 Å². The summed E-state index contributed by atoms with van der Waals surface area (Å²) in [5.41, 5.74) is 8.02. The minimum Gasteiger partial charge on any atom is -0.493 e. The second-order valence-electron chi connectivity index (χ2n) is 4.04. The van der Waals surface area contributed by atoms with Crippen LogP contribution in [0.4, 0.5) is 5.00 Å². The summed E-state index contributed by atoms with van der Waals surface area (Å²) in [4.78, 5) is 12.0. The number of ether oxygens (including phenoxy) is 2. The second-order valence-corrected chi connectivity index (χ2v) is 4.95. The van der Waals surface area contributed by atoms with Gasteiger partial charge in [0.25, 0.3) is 0 Å². The minimum atomic E-state index is -0.359. The summed E-state index contributed by atoms with van der Waals surface area (Å²) in [5.74, 6) is 0.354. The highest BCUT2D eigenvalue weighted by molar-refractivity contribution is 7.15. The van der Waals surface area contributed by atoms with Crippen LogP contribution >= 0.6 is 11.3 Å². The first-order chi connectivity index (χ1) is 9.69. The van der Waals surface area contributed by atoms with Crippen molar-refractivity contribution in [2.75, 3.05) is 18.9 Å². The molecule has 20 heavy (non-hydrogen) atoms. The Balaban J connectivity index is 2.52. The average molecular weight is 291 g/mol. The summed E-state index contributed by atoms with van der Waals surface area (Å²) in [6, 6.07) is 7.54. The summed E-state index contributed by atoms with van der Waals surface area (Å²) in [6.07, 6.45) is 0. The lowest BCUT2D eigenvalue weighted by Gasteiger charge is -2.11. The predicted molar refractivity (Wildman–Crippen MR) is 81.3 cm³/mol. The monoisotopic (exact) mass is 291 g/mol. The van der Waals surface area contributed by atoms with E-state index >= 15 is 0 Å². The number of benzene rings is 1. The fourth-order valence-electron chi connectivity index (χ4n) is 1.96. The van der Waals surface area contributed by atoms with Crippen LogP contribution in [0.2, 0.25) is 0 Å². The van der Waals surface area contributed by atoms with E-state index < -0.39 is 0 Å². The number of anilines is 1. The molecule has 0 bridgehead atoms. The molecule has 2 aromatic rings. The third-order valence-electron chi connectivity index (χ3n) is 2.77.